The Morgan fingerprint density at radius 2 is 1.44 bits per heavy atom. The van der Waals surface area contributed by atoms with Crippen molar-refractivity contribution in [3.63, 3.8) is 0 Å². The number of ketones is 1. The van der Waals surface area contributed by atoms with E-state index in [2.05, 4.69) is 73.6 Å². The third kappa shape index (κ3) is 8.73. The van der Waals surface area contributed by atoms with Crippen molar-refractivity contribution < 1.29 is 19.2 Å². The van der Waals surface area contributed by atoms with E-state index in [-0.39, 0.29) is 17.0 Å². The summed E-state index contributed by atoms with van der Waals surface area (Å²) in [7, 11) is 1.71. The number of aliphatic hydroxyl groups excluding tert-OH is 1. The van der Waals surface area contributed by atoms with E-state index in [0.717, 1.165) is 42.4 Å². The van der Waals surface area contributed by atoms with Crippen molar-refractivity contribution in [2.24, 2.45) is 0 Å². The molecule has 5 nitrogen and oxygen atoms in total. The molecule has 1 N–H and O–H groups in total. The van der Waals surface area contributed by atoms with Gasteiger partial charge in [0.15, 0.2) is 6.54 Å². The zero-order valence-electron chi connectivity index (χ0n) is 31.5. The predicted molar refractivity (Wildman–Crippen MR) is 211 cm³/mol. The summed E-state index contributed by atoms with van der Waals surface area (Å²) in [5.41, 5.74) is 5.10. The first-order chi connectivity index (χ1) is 24.3. The van der Waals surface area contributed by atoms with Crippen LogP contribution < -0.4 is 14.2 Å². The highest BCUT2D eigenvalue weighted by Crippen LogP contribution is 2.50. The third-order valence-electron chi connectivity index (χ3n) is 10.8. The summed E-state index contributed by atoms with van der Waals surface area (Å²) in [6.45, 7) is 10.8. The first kappa shape index (κ1) is 37.9. The lowest BCUT2D eigenvalue weighted by Gasteiger charge is -2.29. The molecule has 50 heavy (non-hydrogen) atoms. The fraction of sp³-hybridized carbons (Fsp3) is 0.545. The molecule has 3 aromatic rings. The molecular formula is C44H61N2O3S+. The largest absolute Gasteiger partial charge is 0.506 e. The zero-order valence-corrected chi connectivity index (χ0v) is 32.3. The molecular weight excluding hydrogens is 637 g/mol. The van der Waals surface area contributed by atoms with Crippen molar-refractivity contribution >= 4 is 39.1 Å². The number of methoxy groups -OCH3 is 1. The van der Waals surface area contributed by atoms with Crippen molar-refractivity contribution in [1.29, 1.82) is 0 Å². The molecule has 270 valence electrons. The number of thiazole rings is 1. The average Bonchev–Trinajstić information content (AvgIpc) is 3.58. The van der Waals surface area contributed by atoms with Crippen LogP contribution in [0, 0.1) is 0 Å². The number of anilines is 1. The maximum Gasteiger partial charge on any atom is 0.263 e. The van der Waals surface area contributed by atoms with Crippen molar-refractivity contribution in [3.8, 4) is 5.75 Å². The Balaban J connectivity index is 1.35. The monoisotopic (exact) mass is 697 g/mol. The second kappa shape index (κ2) is 18.2. The molecule has 2 heterocycles. The number of hydrogen-bond donors (Lipinski definition) is 1. The smallest absolute Gasteiger partial charge is 0.263 e. The summed E-state index contributed by atoms with van der Waals surface area (Å²) < 4.78 is 9.16. The Bertz CT molecular complexity index is 1690. The molecule has 5 rings (SSSR count). The number of aliphatic hydroxyl groups is 1. The Morgan fingerprint density at radius 1 is 0.820 bits per heavy atom. The topological polar surface area (TPSA) is 53.7 Å². The van der Waals surface area contributed by atoms with Crippen LogP contribution in [-0.4, -0.2) is 24.5 Å². The summed E-state index contributed by atoms with van der Waals surface area (Å²) in [5.74, 6) is 0.859. The average molecular weight is 698 g/mol. The number of hydrogen-bond acceptors (Lipinski definition) is 5. The van der Waals surface area contributed by atoms with Gasteiger partial charge in [-0.25, -0.2) is 0 Å². The molecule has 0 saturated heterocycles. The molecule has 0 atom stereocenters. The van der Waals surface area contributed by atoms with E-state index in [0.29, 0.717) is 11.1 Å². The van der Waals surface area contributed by atoms with Crippen molar-refractivity contribution in [2.45, 2.75) is 142 Å². The minimum atomic E-state index is -0.346. The van der Waals surface area contributed by atoms with E-state index in [1.165, 1.54) is 111 Å². The second-order valence-electron chi connectivity index (χ2n) is 14.8. The summed E-state index contributed by atoms with van der Waals surface area (Å²) in [6, 6.07) is 14.8. The molecule has 0 radical (unpaired) electrons. The fourth-order valence-corrected chi connectivity index (χ4v) is 8.78. The molecule has 0 unspecified atom stereocenters. The summed E-state index contributed by atoms with van der Waals surface area (Å²) in [6.07, 6.45) is 24.2. The number of para-hydroxylation sites is 1. The van der Waals surface area contributed by atoms with E-state index in [1.807, 2.05) is 18.2 Å². The Labute approximate surface area is 305 Å². The fourth-order valence-electron chi connectivity index (χ4n) is 7.65. The molecule has 1 aliphatic carbocycles. The quantitative estimate of drug-likeness (QED) is 0.0684. The molecule has 2 aromatic carbocycles. The number of aryl methyl sites for hydroxylation is 1. The van der Waals surface area contributed by atoms with Gasteiger partial charge in [0.25, 0.3) is 5.01 Å². The van der Waals surface area contributed by atoms with E-state index >= 15 is 0 Å². The van der Waals surface area contributed by atoms with Gasteiger partial charge in [-0.05, 0) is 48.7 Å². The molecule has 1 aliphatic heterocycles. The van der Waals surface area contributed by atoms with Crippen LogP contribution in [0.3, 0.4) is 0 Å². The number of rotatable bonds is 21. The Hall–Kier alpha value is -3.38. The number of allylic oxidation sites excluding steroid dienone is 4. The van der Waals surface area contributed by atoms with Crippen LogP contribution >= 0.6 is 11.3 Å². The first-order valence-corrected chi connectivity index (χ1v) is 20.4. The summed E-state index contributed by atoms with van der Waals surface area (Å²) in [5, 5.41) is 12.5. The highest BCUT2D eigenvalue weighted by Gasteiger charge is 2.43. The molecule has 0 amide bonds. The molecule has 0 spiro atoms. The van der Waals surface area contributed by atoms with Gasteiger partial charge in [-0.2, -0.15) is 4.57 Å². The lowest BCUT2D eigenvalue weighted by Crippen LogP contribution is -2.35. The van der Waals surface area contributed by atoms with Gasteiger partial charge in [0.1, 0.15) is 16.2 Å². The van der Waals surface area contributed by atoms with Crippen LogP contribution in [0.15, 0.2) is 71.1 Å². The molecule has 6 heteroatoms. The molecule has 2 aliphatic rings. The van der Waals surface area contributed by atoms with E-state index in [4.69, 9.17) is 4.74 Å². The normalized spacial score (nSPS) is 17.0. The van der Waals surface area contributed by atoms with Crippen LogP contribution in [0.2, 0.25) is 0 Å². The summed E-state index contributed by atoms with van der Waals surface area (Å²) in [4.78, 5) is 16.2. The van der Waals surface area contributed by atoms with Gasteiger partial charge in [-0.3, -0.25) is 4.79 Å². The minimum Gasteiger partial charge on any atom is -0.506 e. The van der Waals surface area contributed by atoms with Gasteiger partial charge >= 0.3 is 0 Å². The minimum absolute atomic E-state index is 0.0811. The highest BCUT2D eigenvalue weighted by atomic mass is 32.1. The predicted octanol–water partition coefficient (Wildman–Crippen LogP) is 11.9. The second-order valence-corrected chi connectivity index (χ2v) is 15.9. The van der Waals surface area contributed by atoms with Gasteiger partial charge in [0.05, 0.1) is 18.3 Å². The van der Waals surface area contributed by atoms with Crippen LogP contribution in [0.4, 0.5) is 5.69 Å². The van der Waals surface area contributed by atoms with Crippen LogP contribution in [-0.2, 0) is 16.8 Å². The summed E-state index contributed by atoms with van der Waals surface area (Å²) >= 11 is 1.70. The maximum atomic E-state index is 13.8. The number of carbonyl (C=O) groups excluding carboxylic acids is 1. The zero-order chi connectivity index (χ0) is 35.5. The lowest BCUT2D eigenvalue weighted by atomic mass is 9.80. The van der Waals surface area contributed by atoms with Gasteiger partial charge < -0.3 is 14.7 Å². The molecule has 1 aromatic heterocycles. The molecule has 0 bridgehead atoms. The van der Waals surface area contributed by atoms with Crippen LogP contribution in [0.5, 0.6) is 5.75 Å². The van der Waals surface area contributed by atoms with Crippen molar-refractivity contribution in [2.75, 3.05) is 18.6 Å². The molecule has 0 saturated carbocycles. The SMILES string of the molecule is CCCCCCCCCCN1C(=CC2=C(O)C(=Cc3sc4ccccc4[n+]3CCCCCCCCCC)C2=O)C(C)(C)c2cc(OC)ccc21. The van der Waals surface area contributed by atoms with E-state index in [9.17, 15) is 9.90 Å². The maximum absolute atomic E-state index is 13.8. The van der Waals surface area contributed by atoms with Crippen molar-refractivity contribution in [1.82, 2.24) is 0 Å². The van der Waals surface area contributed by atoms with E-state index < -0.39 is 0 Å². The van der Waals surface area contributed by atoms with E-state index in [1.54, 1.807) is 18.4 Å². The Morgan fingerprint density at radius 3 is 2.08 bits per heavy atom. The van der Waals surface area contributed by atoms with Gasteiger partial charge in [-0.15, -0.1) is 0 Å². The number of carbonyl (C=O) groups is 1. The highest BCUT2D eigenvalue weighted by molar-refractivity contribution is 7.18. The first-order valence-electron chi connectivity index (χ1n) is 19.6. The number of ether oxygens (including phenoxy) is 1. The third-order valence-corrected chi connectivity index (χ3v) is 11.9. The van der Waals surface area contributed by atoms with Crippen LogP contribution in [0.1, 0.15) is 141 Å². The Kier molecular flexibility index (Phi) is 13.8. The number of aromatic nitrogens is 1. The number of unbranched alkanes of at least 4 members (excludes halogenated alkanes) is 14. The van der Waals surface area contributed by atoms with Gasteiger partial charge in [0, 0.05) is 41.9 Å². The molecule has 0 fully saturated rings. The lowest BCUT2D eigenvalue weighted by molar-refractivity contribution is -0.669. The number of Topliss-reactive ketones (excluding diaryl/α,β-unsaturated/α-hetero) is 1. The van der Waals surface area contributed by atoms with Gasteiger partial charge in [-0.1, -0.05) is 135 Å². The standard InChI is InChI=1S/C44H60N2O3S/c1-6-8-10-12-14-16-18-22-28-45-37-27-26-33(49-5)30-36(37)44(3,4)40(45)31-34-42(47)35(43(34)48)32-41-46(38-24-20-21-25-39(38)50-41)29-23-19-17-15-13-11-9-7-2/h20-21,24-27,30-32H,6-19,22-23,28-29H2,1-5H3/p+1. The number of fused-ring (bicyclic) bond motifs is 2. The van der Waals surface area contributed by atoms with Crippen LogP contribution in [0.25, 0.3) is 16.3 Å². The number of nitrogens with zero attached hydrogens (tertiary/aromatic N) is 2. The number of benzene rings is 2. The van der Waals surface area contributed by atoms with Crippen molar-refractivity contribution in [3.05, 3.63) is 81.7 Å². The van der Waals surface area contributed by atoms with Gasteiger partial charge in [0.2, 0.25) is 11.3 Å².